The van der Waals surface area contributed by atoms with Crippen LogP contribution in [0.5, 0.6) is 0 Å². The zero-order valence-corrected chi connectivity index (χ0v) is 20.7. The maximum absolute atomic E-state index is 10.2. The van der Waals surface area contributed by atoms with Gasteiger partial charge in [-0.2, -0.15) is 31.6 Å². The molecule has 180 valence electrons. The molecule has 4 aliphatic rings. The molecule has 0 aromatic carbocycles. The van der Waals surface area contributed by atoms with Crippen LogP contribution in [0.25, 0.3) is 0 Å². The summed E-state index contributed by atoms with van der Waals surface area (Å²) in [4.78, 5) is 9.44. The third-order valence-electron chi connectivity index (χ3n) is 7.77. The Bertz CT molecular complexity index is 1510. The highest BCUT2D eigenvalue weighted by Crippen LogP contribution is 2.56. The van der Waals surface area contributed by atoms with E-state index < -0.39 is 6.04 Å². The summed E-state index contributed by atoms with van der Waals surface area (Å²) < 4.78 is 0. The fourth-order valence-corrected chi connectivity index (χ4v) is 6.18. The Labute approximate surface area is 216 Å². The van der Waals surface area contributed by atoms with Crippen LogP contribution in [0.4, 0.5) is 0 Å². The van der Waals surface area contributed by atoms with Crippen molar-refractivity contribution in [3.05, 3.63) is 45.5 Å². The molecule has 2 aliphatic carbocycles. The van der Waals surface area contributed by atoms with Crippen LogP contribution in [0.15, 0.2) is 55.4 Å². The van der Waals surface area contributed by atoms with Crippen molar-refractivity contribution >= 4 is 11.4 Å². The van der Waals surface area contributed by atoms with Crippen LogP contribution in [0.1, 0.15) is 40.0 Å². The normalized spacial score (nSPS) is 31.8. The molecule has 4 rings (SSSR count). The van der Waals surface area contributed by atoms with Crippen molar-refractivity contribution < 1.29 is 0 Å². The Kier molecular flexibility index (Phi) is 6.77. The third-order valence-corrected chi connectivity index (χ3v) is 7.77. The molecule has 9 nitrogen and oxygen atoms in total. The molecule has 0 saturated carbocycles. The van der Waals surface area contributed by atoms with Gasteiger partial charge in [-0.05, 0) is 25.2 Å². The van der Waals surface area contributed by atoms with Crippen LogP contribution in [-0.4, -0.2) is 17.5 Å². The van der Waals surface area contributed by atoms with Gasteiger partial charge in [-0.1, -0.05) is 26.8 Å². The maximum atomic E-state index is 10.2. The van der Waals surface area contributed by atoms with Gasteiger partial charge in [-0.15, -0.1) is 0 Å². The highest BCUT2D eigenvalue weighted by molar-refractivity contribution is 6.14. The molecule has 9 heteroatoms. The molecular weight excluding hydrogens is 462 g/mol. The van der Waals surface area contributed by atoms with Gasteiger partial charge in [0, 0.05) is 46.1 Å². The number of fused-ring (bicyclic) bond motifs is 4. The lowest BCUT2D eigenvalue weighted by Gasteiger charge is -2.48. The first kappa shape index (κ1) is 25.1. The summed E-state index contributed by atoms with van der Waals surface area (Å²) in [5.74, 6) is -1.66. The SMILES string of the molecule is CCC1C(C#N)=C(C#N)C(CC)C2C3=C(N=C(C#N)C(C#N)N3)C3=C(N=C(C#N)/C(C#N)=C/CC3C)C12. The summed E-state index contributed by atoms with van der Waals surface area (Å²) in [6.07, 6.45) is 3.22. The fourth-order valence-electron chi connectivity index (χ4n) is 6.18. The minimum absolute atomic E-state index is 0.00988. The van der Waals surface area contributed by atoms with Gasteiger partial charge >= 0.3 is 0 Å². The molecule has 0 aromatic rings. The Morgan fingerprint density at radius 2 is 1.51 bits per heavy atom. The van der Waals surface area contributed by atoms with E-state index in [1.54, 1.807) is 6.08 Å². The molecule has 0 aromatic heterocycles. The summed E-state index contributed by atoms with van der Waals surface area (Å²) in [5, 5.41) is 62.7. The van der Waals surface area contributed by atoms with Crippen molar-refractivity contribution in [1.29, 1.82) is 31.6 Å². The quantitative estimate of drug-likeness (QED) is 0.613. The average molecular weight is 486 g/mol. The summed E-state index contributed by atoms with van der Waals surface area (Å²) in [6, 6.07) is 11.9. The fraction of sp³-hybridized carbons (Fsp3) is 0.429. The highest BCUT2D eigenvalue weighted by atomic mass is 15.0. The van der Waals surface area contributed by atoms with Gasteiger partial charge in [0.1, 0.15) is 18.2 Å². The van der Waals surface area contributed by atoms with Gasteiger partial charge in [0.2, 0.25) is 0 Å². The molecule has 0 spiro atoms. The van der Waals surface area contributed by atoms with Crippen LogP contribution < -0.4 is 5.32 Å². The number of nitriles is 6. The second kappa shape index (κ2) is 9.96. The highest BCUT2D eigenvalue weighted by Gasteiger charge is 2.52. The average Bonchev–Trinajstić information content (AvgIpc) is 2.92. The first-order chi connectivity index (χ1) is 17.9. The van der Waals surface area contributed by atoms with E-state index in [-0.39, 0.29) is 46.6 Å². The van der Waals surface area contributed by atoms with E-state index in [1.807, 2.05) is 26.8 Å². The zero-order chi connectivity index (χ0) is 26.9. The first-order valence-electron chi connectivity index (χ1n) is 12.2. The van der Waals surface area contributed by atoms with Gasteiger partial charge in [0.15, 0.2) is 17.5 Å². The van der Waals surface area contributed by atoms with Crippen molar-refractivity contribution in [2.24, 2.45) is 39.6 Å². The standard InChI is InChI=1S/C28H23N9/c1-4-16-18(9-30)19(10-31)17(5-2)25-24(16)26-23(14(3)6-7-15(8-29)20(11-32)35-26)27-28(25)37-22(13-34)21(12-33)36-27/h7,14,16-17,22,24-25,37H,4-6H2,1-3H3/b15-7+,35-20?. The minimum Gasteiger partial charge on any atom is -0.366 e. The van der Waals surface area contributed by atoms with Crippen LogP contribution in [0.3, 0.4) is 0 Å². The van der Waals surface area contributed by atoms with E-state index in [0.717, 1.165) is 5.57 Å². The van der Waals surface area contributed by atoms with Crippen molar-refractivity contribution in [3.8, 4) is 36.4 Å². The minimum atomic E-state index is -0.942. The second-order valence-electron chi connectivity index (χ2n) is 9.45. The van der Waals surface area contributed by atoms with Crippen LogP contribution in [0, 0.1) is 97.6 Å². The van der Waals surface area contributed by atoms with Crippen molar-refractivity contribution in [2.75, 3.05) is 0 Å². The number of hydrogen-bond acceptors (Lipinski definition) is 9. The maximum Gasteiger partial charge on any atom is 0.167 e. The Balaban J connectivity index is 2.17. The molecule has 0 amide bonds. The van der Waals surface area contributed by atoms with E-state index in [0.29, 0.717) is 47.5 Å². The van der Waals surface area contributed by atoms with Gasteiger partial charge in [0.05, 0.1) is 35.2 Å². The number of rotatable bonds is 2. The molecule has 0 fully saturated rings. The molecule has 2 heterocycles. The lowest BCUT2D eigenvalue weighted by atomic mass is 9.57. The lowest BCUT2D eigenvalue weighted by molar-refractivity contribution is 0.215. The number of nitrogens with one attached hydrogen (secondary N) is 1. The van der Waals surface area contributed by atoms with Crippen molar-refractivity contribution in [2.45, 2.75) is 46.1 Å². The van der Waals surface area contributed by atoms with Crippen molar-refractivity contribution in [3.63, 3.8) is 0 Å². The van der Waals surface area contributed by atoms with E-state index in [9.17, 15) is 31.6 Å². The molecule has 6 unspecified atom stereocenters. The second-order valence-corrected chi connectivity index (χ2v) is 9.45. The monoisotopic (exact) mass is 485 g/mol. The van der Waals surface area contributed by atoms with E-state index in [2.05, 4.69) is 40.7 Å². The van der Waals surface area contributed by atoms with Gasteiger partial charge in [-0.3, -0.25) is 0 Å². The van der Waals surface area contributed by atoms with Gasteiger partial charge in [0.25, 0.3) is 0 Å². The third kappa shape index (κ3) is 3.71. The first-order valence-corrected chi connectivity index (χ1v) is 12.2. The largest absolute Gasteiger partial charge is 0.366 e. The van der Waals surface area contributed by atoms with Crippen LogP contribution in [0.2, 0.25) is 0 Å². The van der Waals surface area contributed by atoms with Crippen LogP contribution >= 0.6 is 0 Å². The molecule has 6 atom stereocenters. The zero-order valence-electron chi connectivity index (χ0n) is 20.7. The number of allylic oxidation sites excluding steroid dienone is 7. The summed E-state index contributed by atoms with van der Waals surface area (Å²) in [5.41, 5.74) is 3.54. The van der Waals surface area contributed by atoms with E-state index in [1.165, 1.54) is 0 Å². The van der Waals surface area contributed by atoms with Crippen molar-refractivity contribution in [1.82, 2.24) is 5.32 Å². The van der Waals surface area contributed by atoms with Crippen LogP contribution in [-0.2, 0) is 0 Å². The predicted octanol–water partition coefficient (Wildman–Crippen LogP) is 4.02. The Morgan fingerprint density at radius 3 is 2.03 bits per heavy atom. The molecule has 0 bridgehead atoms. The topological polar surface area (TPSA) is 179 Å². The predicted molar refractivity (Wildman–Crippen MR) is 133 cm³/mol. The van der Waals surface area contributed by atoms with Gasteiger partial charge in [-0.25, -0.2) is 9.98 Å². The summed E-state index contributed by atoms with van der Waals surface area (Å²) >= 11 is 0. The number of nitrogens with zero attached hydrogens (tertiary/aromatic N) is 8. The van der Waals surface area contributed by atoms with E-state index >= 15 is 0 Å². The smallest absolute Gasteiger partial charge is 0.167 e. The molecule has 37 heavy (non-hydrogen) atoms. The Hall–Kier alpha value is -4.96. The summed E-state index contributed by atoms with van der Waals surface area (Å²) in [6.45, 7) is 5.87. The molecular formula is C28H23N9. The molecule has 2 aliphatic heterocycles. The summed E-state index contributed by atoms with van der Waals surface area (Å²) in [7, 11) is 0. The molecule has 1 N–H and O–H groups in total. The number of aliphatic imine (C=N–C) groups is 2. The molecule has 0 radical (unpaired) electrons. The molecule has 0 saturated heterocycles. The lowest BCUT2D eigenvalue weighted by Crippen LogP contribution is -2.49. The Morgan fingerprint density at radius 1 is 0.865 bits per heavy atom. The van der Waals surface area contributed by atoms with Gasteiger partial charge < -0.3 is 5.32 Å². The van der Waals surface area contributed by atoms with E-state index in [4.69, 9.17) is 4.99 Å². The number of hydrogen-bond donors (Lipinski definition) is 1.